The quantitative estimate of drug-likeness (QED) is 0.872. The third-order valence-electron chi connectivity index (χ3n) is 3.07. The van der Waals surface area contributed by atoms with Gasteiger partial charge in [-0.25, -0.2) is 9.18 Å². The van der Waals surface area contributed by atoms with E-state index in [-0.39, 0.29) is 5.82 Å². The van der Waals surface area contributed by atoms with E-state index in [4.69, 9.17) is 9.84 Å². The molecule has 0 spiro atoms. The minimum Gasteiger partial charge on any atom is -0.496 e. The zero-order valence-corrected chi connectivity index (χ0v) is 11.8. The summed E-state index contributed by atoms with van der Waals surface area (Å²) >= 11 is 0. The molecule has 0 aliphatic rings. The van der Waals surface area contributed by atoms with Crippen LogP contribution in [0.1, 0.15) is 16.7 Å². The first-order chi connectivity index (χ1) is 10.0. The van der Waals surface area contributed by atoms with Crippen molar-refractivity contribution in [3.8, 4) is 5.75 Å². The van der Waals surface area contributed by atoms with Gasteiger partial charge in [-0.15, -0.1) is 0 Å². The van der Waals surface area contributed by atoms with Crippen molar-refractivity contribution in [3.63, 3.8) is 0 Å². The minimum absolute atomic E-state index is 0.371. The molecule has 3 nitrogen and oxygen atoms in total. The number of ether oxygens (including phenoxy) is 1. The Morgan fingerprint density at radius 1 is 1.19 bits per heavy atom. The van der Waals surface area contributed by atoms with Gasteiger partial charge in [0, 0.05) is 11.6 Å². The van der Waals surface area contributed by atoms with E-state index in [9.17, 15) is 9.18 Å². The van der Waals surface area contributed by atoms with Crippen molar-refractivity contribution in [2.45, 2.75) is 6.92 Å². The second-order valence-corrected chi connectivity index (χ2v) is 4.61. The maximum absolute atomic E-state index is 13.1. The number of aryl methyl sites for hydroxylation is 1. The molecule has 0 fully saturated rings. The monoisotopic (exact) mass is 286 g/mol. The van der Waals surface area contributed by atoms with E-state index in [1.807, 2.05) is 19.1 Å². The topological polar surface area (TPSA) is 46.5 Å². The molecule has 0 unspecified atom stereocenters. The molecule has 0 saturated carbocycles. The number of aliphatic carboxylic acids is 1. The average molecular weight is 286 g/mol. The molecule has 0 radical (unpaired) electrons. The zero-order valence-electron chi connectivity index (χ0n) is 11.8. The molecule has 0 amide bonds. The Kier molecular flexibility index (Phi) is 4.38. The van der Waals surface area contributed by atoms with Crippen molar-refractivity contribution in [2.24, 2.45) is 0 Å². The van der Waals surface area contributed by atoms with Gasteiger partial charge < -0.3 is 9.84 Å². The van der Waals surface area contributed by atoms with Crippen molar-refractivity contribution in [2.75, 3.05) is 7.11 Å². The van der Waals surface area contributed by atoms with E-state index in [0.29, 0.717) is 22.4 Å². The van der Waals surface area contributed by atoms with Crippen LogP contribution in [-0.4, -0.2) is 18.2 Å². The first-order valence-corrected chi connectivity index (χ1v) is 6.37. The molecular weight excluding hydrogens is 271 g/mol. The molecule has 2 aromatic rings. The Morgan fingerprint density at radius 2 is 1.86 bits per heavy atom. The summed E-state index contributed by atoms with van der Waals surface area (Å²) < 4.78 is 18.4. The van der Waals surface area contributed by atoms with E-state index in [2.05, 4.69) is 0 Å². The van der Waals surface area contributed by atoms with E-state index in [1.54, 1.807) is 18.2 Å². The fraction of sp³-hybridized carbons (Fsp3) is 0.118. The Hall–Kier alpha value is -2.62. The van der Waals surface area contributed by atoms with E-state index < -0.39 is 5.97 Å². The van der Waals surface area contributed by atoms with Crippen molar-refractivity contribution in [3.05, 3.63) is 71.0 Å². The van der Waals surface area contributed by atoms with Crippen LogP contribution in [0.3, 0.4) is 0 Å². The van der Waals surface area contributed by atoms with Gasteiger partial charge in [0.2, 0.25) is 0 Å². The van der Waals surface area contributed by atoms with Crippen molar-refractivity contribution < 1.29 is 19.0 Å². The van der Waals surface area contributed by atoms with Gasteiger partial charge >= 0.3 is 5.97 Å². The van der Waals surface area contributed by atoms with Gasteiger partial charge in [-0.1, -0.05) is 23.8 Å². The third-order valence-corrected chi connectivity index (χ3v) is 3.07. The van der Waals surface area contributed by atoms with Crippen molar-refractivity contribution in [1.29, 1.82) is 0 Å². The number of carboxylic acid groups (broad SMARTS) is 1. The first-order valence-electron chi connectivity index (χ1n) is 6.37. The van der Waals surface area contributed by atoms with Crippen LogP contribution in [0.25, 0.3) is 5.57 Å². The fourth-order valence-electron chi connectivity index (χ4n) is 2.10. The van der Waals surface area contributed by atoms with Crippen molar-refractivity contribution >= 4 is 11.5 Å². The summed E-state index contributed by atoms with van der Waals surface area (Å²) in [7, 11) is 1.53. The Balaban J connectivity index is 2.64. The highest BCUT2D eigenvalue weighted by Gasteiger charge is 2.13. The standard InChI is InChI=1S/C17H15FO3/c1-11-3-8-16(21-2)15(9-11)14(10-17(19)20)12-4-6-13(18)7-5-12/h3-10H,1-2H3,(H,19,20)/b14-10+. The van der Waals surface area contributed by atoms with E-state index in [1.165, 1.54) is 19.2 Å². The average Bonchev–Trinajstić information content (AvgIpc) is 2.45. The number of hydrogen-bond acceptors (Lipinski definition) is 2. The Morgan fingerprint density at radius 3 is 2.43 bits per heavy atom. The van der Waals surface area contributed by atoms with Gasteiger partial charge in [-0.05, 0) is 42.3 Å². The third kappa shape index (κ3) is 3.48. The summed E-state index contributed by atoms with van der Waals surface area (Å²) in [5.74, 6) is -0.875. The number of hydrogen-bond donors (Lipinski definition) is 1. The highest BCUT2D eigenvalue weighted by molar-refractivity contribution is 5.96. The lowest BCUT2D eigenvalue weighted by molar-refractivity contribution is -0.131. The van der Waals surface area contributed by atoms with Crippen LogP contribution < -0.4 is 4.74 Å². The van der Waals surface area contributed by atoms with Gasteiger partial charge in [0.1, 0.15) is 11.6 Å². The van der Waals surface area contributed by atoms with Gasteiger partial charge in [0.05, 0.1) is 7.11 Å². The van der Waals surface area contributed by atoms with Gasteiger partial charge in [-0.3, -0.25) is 0 Å². The normalized spacial score (nSPS) is 11.3. The highest BCUT2D eigenvalue weighted by atomic mass is 19.1. The largest absolute Gasteiger partial charge is 0.496 e. The highest BCUT2D eigenvalue weighted by Crippen LogP contribution is 2.32. The molecule has 0 aromatic heterocycles. The molecule has 2 rings (SSSR count). The first kappa shape index (κ1) is 14.8. The summed E-state index contributed by atoms with van der Waals surface area (Å²) in [5, 5.41) is 9.10. The van der Waals surface area contributed by atoms with Crippen LogP contribution in [0.5, 0.6) is 5.75 Å². The predicted molar refractivity (Wildman–Crippen MR) is 78.8 cm³/mol. The number of carbonyl (C=O) groups is 1. The van der Waals surface area contributed by atoms with Crippen molar-refractivity contribution in [1.82, 2.24) is 0 Å². The van der Waals surface area contributed by atoms with Crippen LogP contribution >= 0.6 is 0 Å². The van der Waals surface area contributed by atoms with Crippen LogP contribution in [-0.2, 0) is 4.79 Å². The number of benzene rings is 2. The van der Waals surface area contributed by atoms with E-state index in [0.717, 1.165) is 11.6 Å². The fourth-order valence-corrected chi connectivity index (χ4v) is 2.10. The predicted octanol–water partition coefficient (Wildman–Crippen LogP) is 3.66. The molecule has 0 bridgehead atoms. The maximum Gasteiger partial charge on any atom is 0.328 e. The van der Waals surface area contributed by atoms with Crippen LogP contribution in [0.2, 0.25) is 0 Å². The molecule has 108 valence electrons. The Labute approximate surface area is 122 Å². The molecule has 0 atom stereocenters. The summed E-state index contributed by atoms with van der Waals surface area (Å²) in [6.45, 7) is 1.91. The van der Waals surface area contributed by atoms with Gasteiger partial charge in [0.15, 0.2) is 0 Å². The van der Waals surface area contributed by atoms with Gasteiger partial charge in [0.25, 0.3) is 0 Å². The summed E-state index contributed by atoms with van der Waals surface area (Å²) in [6, 6.07) is 11.2. The lowest BCUT2D eigenvalue weighted by Gasteiger charge is -2.13. The molecule has 0 saturated heterocycles. The molecular formula is C17H15FO3. The zero-order chi connectivity index (χ0) is 15.4. The van der Waals surface area contributed by atoms with Crippen LogP contribution in [0.4, 0.5) is 4.39 Å². The number of methoxy groups -OCH3 is 1. The van der Waals surface area contributed by atoms with Crippen LogP contribution in [0.15, 0.2) is 48.5 Å². The summed E-state index contributed by atoms with van der Waals surface area (Å²) in [6.07, 6.45) is 1.10. The maximum atomic E-state index is 13.1. The molecule has 2 aromatic carbocycles. The molecule has 0 heterocycles. The Bertz CT molecular complexity index is 688. The van der Waals surface area contributed by atoms with E-state index >= 15 is 0 Å². The lowest BCUT2D eigenvalue weighted by Crippen LogP contribution is -1.98. The number of rotatable bonds is 4. The van der Waals surface area contributed by atoms with Gasteiger partial charge in [-0.2, -0.15) is 0 Å². The molecule has 0 aliphatic heterocycles. The summed E-state index contributed by atoms with van der Waals surface area (Å²) in [4.78, 5) is 11.1. The smallest absolute Gasteiger partial charge is 0.328 e. The van der Waals surface area contributed by atoms with Crippen LogP contribution in [0, 0.1) is 12.7 Å². The second-order valence-electron chi connectivity index (χ2n) is 4.61. The number of halogens is 1. The molecule has 21 heavy (non-hydrogen) atoms. The minimum atomic E-state index is -1.07. The SMILES string of the molecule is COc1ccc(C)cc1/C(=C/C(=O)O)c1ccc(F)cc1. The molecule has 1 N–H and O–H groups in total. The lowest BCUT2D eigenvalue weighted by atomic mass is 9.95. The summed E-state index contributed by atoms with van der Waals surface area (Å²) in [5.41, 5.74) is 2.72. The second kappa shape index (κ2) is 6.22. The number of carboxylic acids is 1. The molecule has 0 aliphatic carbocycles. The molecule has 4 heteroatoms.